The van der Waals surface area contributed by atoms with E-state index in [1.165, 1.54) is 26.4 Å². The first-order valence-electron chi connectivity index (χ1n) is 11.8. The van der Waals surface area contributed by atoms with Crippen LogP contribution < -0.4 is 15.2 Å². The van der Waals surface area contributed by atoms with Crippen molar-refractivity contribution in [1.29, 1.82) is 0 Å². The summed E-state index contributed by atoms with van der Waals surface area (Å²) >= 11 is 0. The van der Waals surface area contributed by atoms with Crippen molar-refractivity contribution in [3.63, 3.8) is 0 Å². The number of benzene rings is 3. The van der Waals surface area contributed by atoms with Gasteiger partial charge in [0, 0.05) is 12.6 Å². The molecule has 0 saturated carbocycles. The normalized spacial score (nSPS) is 16.6. The Morgan fingerprint density at radius 1 is 1.05 bits per heavy atom. The Hall–Kier alpha value is -3.59. The highest BCUT2D eigenvalue weighted by atomic mass is 19.4. The monoisotopic (exact) mass is 516 g/mol. The van der Waals surface area contributed by atoms with Crippen LogP contribution in [0.15, 0.2) is 60.7 Å². The molecule has 37 heavy (non-hydrogen) atoms. The highest BCUT2D eigenvalue weighted by Gasteiger charge is 2.38. The molecule has 0 saturated heterocycles. The lowest BCUT2D eigenvalue weighted by molar-refractivity contribution is -0.140. The van der Waals surface area contributed by atoms with Crippen molar-refractivity contribution in [1.82, 2.24) is 4.90 Å². The van der Waals surface area contributed by atoms with Gasteiger partial charge in [0.15, 0.2) is 11.5 Å². The van der Waals surface area contributed by atoms with Crippen molar-refractivity contribution < 1.29 is 31.8 Å². The molecule has 0 aromatic heterocycles. The van der Waals surface area contributed by atoms with E-state index in [9.17, 15) is 22.4 Å². The molecule has 1 unspecified atom stereocenters. The minimum atomic E-state index is -4.79. The molecule has 1 aliphatic heterocycles. The highest BCUT2D eigenvalue weighted by molar-refractivity contribution is 5.81. The molecule has 1 aliphatic rings. The predicted molar refractivity (Wildman–Crippen MR) is 131 cm³/mol. The Bertz CT molecular complexity index is 1260. The second kappa shape index (κ2) is 10.8. The van der Waals surface area contributed by atoms with Gasteiger partial charge in [0.2, 0.25) is 5.91 Å². The maximum absolute atomic E-state index is 14.8. The predicted octanol–water partition coefficient (Wildman–Crippen LogP) is 5.62. The van der Waals surface area contributed by atoms with Crippen molar-refractivity contribution in [3.8, 4) is 11.5 Å². The first kappa shape index (κ1) is 26.5. The molecule has 3 aromatic carbocycles. The van der Waals surface area contributed by atoms with E-state index < -0.39 is 35.5 Å². The number of methoxy groups -OCH3 is 2. The van der Waals surface area contributed by atoms with Gasteiger partial charge in [-0.3, -0.25) is 9.69 Å². The lowest BCUT2D eigenvalue weighted by Crippen LogP contribution is -2.44. The van der Waals surface area contributed by atoms with Gasteiger partial charge in [-0.05, 0) is 59.7 Å². The second-order valence-corrected chi connectivity index (χ2v) is 8.94. The number of carbonyl (C=O) groups excluding carboxylic acids is 1. The molecule has 4 rings (SSSR count). The summed E-state index contributed by atoms with van der Waals surface area (Å²) in [4.78, 5) is 14.7. The van der Waals surface area contributed by atoms with E-state index in [0.29, 0.717) is 30.0 Å². The van der Waals surface area contributed by atoms with Crippen LogP contribution >= 0.6 is 0 Å². The van der Waals surface area contributed by atoms with E-state index in [0.717, 1.165) is 17.2 Å². The van der Waals surface area contributed by atoms with Crippen LogP contribution in [-0.2, 0) is 23.8 Å². The van der Waals surface area contributed by atoms with Gasteiger partial charge in [0.25, 0.3) is 0 Å². The molecular formula is C28H28F4N2O3. The fourth-order valence-electron chi connectivity index (χ4n) is 5.12. The number of hydrogen-bond acceptors (Lipinski definition) is 4. The molecule has 2 atom stereocenters. The molecule has 2 N–H and O–H groups in total. The molecule has 0 aliphatic carbocycles. The number of amides is 1. The number of carbonyl (C=O) groups is 1. The van der Waals surface area contributed by atoms with Crippen LogP contribution in [-0.4, -0.2) is 31.6 Å². The number of nitrogens with zero attached hydrogens (tertiary/aromatic N) is 1. The van der Waals surface area contributed by atoms with E-state index in [-0.39, 0.29) is 18.4 Å². The van der Waals surface area contributed by atoms with Crippen LogP contribution in [0.4, 0.5) is 17.6 Å². The number of nitrogens with two attached hydrogens (primary N) is 1. The Morgan fingerprint density at radius 2 is 1.73 bits per heavy atom. The molecule has 0 radical (unpaired) electrons. The average Bonchev–Trinajstić information content (AvgIpc) is 2.87. The first-order valence-corrected chi connectivity index (χ1v) is 11.8. The zero-order valence-corrected chi connectivity index (χ0v) is 20.5. The summed E-state index contributed by atoms with van der Waals surface area (Å²) in [6.07, 6.45) is -3.94. The summed E-state index contributed by atoms with van der Waals surface area (Å²) in [5, 5.41) is 0. The molecule has 1 amide bonds. The maximum Gasteiger partial charge on any atom is 0.419 e. The lowest BCUT2D eigenvalue weighted by Gasteiger charge is -2.41. The molecule has 1 heterocycles. The Labute approximate surface area is 212 Å². The smallest absolute Gasteiger partial charge is 0.419 e. The Balaban J connectivity index is 1.77. The van der Waals surface area contributed by atoms with Crippen LogP contribution in [0.25, 0.3) is 0 Å². The number of hydrogen-bond donors (Lipinski definition) is 1. The molecule has 196 valence electrons. The van der Waals surface area contributed by atoms with Gasteiger partial charge in [-0.15, -0.1) is 0 Å². The summed E-state index contributed by atoms with van der Waals surface area (Å²) in [6, 6.07) is 14.8. The molecular weight excluding hydrogens is 488 g/mol. The number of fused-ring (bicyclic) bond motifs is 1. The fourth-order valence-corrected chi connectivity index (χ4v) is 5.12. The number of halogens is 4. The van der Waals surface area contributed by atoms with Crippen molar-refractivity contribution >= 4 is 5.91 Å². The lowest BCUT2D eigenvalue weighted by atomic mass is 9.86. The van der Waals surface area contributed by atoms with Gasteiger partial charge in [-0.2, -0.15) is 13.2 Å². The zero-order valence-electron chi connectivity index (χ0n) is 20.5. The van der Waals surface area contributed by atoms with Crippen molar-refractivity contribution in [2.75, 3.05) is 20.8 Å². The third kappa shape index (κ3) is 5.41. The molecule has 0 fully saturated rings. The second-order valence-electron chi connectivity index (χ2n) is 8.94. The summed E-state index contributed by atoms with van der Waals surface area (Å²) in [5.74, 6) is -0.801. The standard InChI is InChI=1S/C28H28F4N2O3/c1-36-23-15-19-13-14-34(26(27(33)35)18-7-4-3-5-8-18)22(20(19)16-24(23)37-2)12-11-17-9-6-10-21(25(17)29)28(30,31)32/h3-10,15-16,22,26H,11-14H2,1-2H3,(H2,33,35)/t22-,26?/m0/s1. The molecule has 3 aromatic rings. The third-order valence-electron chi connectivity index (χ3n) is 6.83. The van der Waals surface area contributed by atoms with Crippen LogP contribution in [0.1, 0.15) is 46.3 Å². The van der Waals surface area contributed by atoms with Gasteiger partial charge in [0.1, 0.15) is 11.9 Å². The van der Waals surface area contributed by atoms with Gasteiger partial charge >= 0.3 is 6.18 Å². The Kier molecular flexibility index (Phi) is 7.73. The van der Waals surface area contributed by atoms with Crippen LogP contribution in [0.5, 0.6) is 11.5 Å². The van der Waals surface area contributed by atoms with Gasteiger partial charge in [-0.1, -0.05) is 42.5 Å². The Morgan fingerprint density at radius 3 is 2.35 bits per heavy atom. The van der Waals surface area contributed by atoms with E-state index in [4.69, 9.17) is 15.2 Å². The number of aryl methyl sites for hydroxylation is 1. The molecule has 0 spiro atoms. The topological polar surface area (TPSA) is 64.8 Å². The van der Waals surface area contributed by atoms with E-state index in [1.807, 2.05) is 47.4 Å². The summed E-state index contributed by atoms with van der Waals surface area (Å²) in [7, 11) is 3.04. The average molecular weight is 517 g/mol. The zero-order chi connectivity index (χ0) is 26.7. The van der Waals surface area contributed by atoms with Crippen molar-refractivity contribution in [2.24, 2.45) is 5.73 Å². The molecule has 5 nitrogen and oxygen atoms in total. The molecule has 9 heteroatoms. The summed E-state index contributed by atoms with van der Waals surface area (Å²) < 4.78 is 65.7. The SMILES string of the molecule is COc1cc2c(cc1OC)[C@H](CCc1cccc(C(F)(F)F)c1F)N(C(C(N)=O)c1ccccc1)CC2. The largest absolute Gasteiger partial charge is 0.493 e. The van der Waals surface area contributed by atoms with Gasteiger partial charge in [-0.25, -0.2) is 4.39 Å². The van der Waals surface area contributed by atoms with Crippen molar-refractivity contribution in [2.45, 2.75) is 37.5 Å². The number of primary amides is 1. The minimum absolute atomic E-state index is 0.0188. The third-order valence-corrected chi connectivity index (χ3v) is 6.83. The van der Waals surface area contributed by atoms with Gasteiger partial charge < -0.3 is 15.2 Å². The minimum Gasteiger partial charge on any atom is -0.493 e. The van der Waals surface area contributed by atoms with Crippen LogP contribution in [0.2, 0.25) is 0 Å². The van der Waals surface area contributed by atoms with Crippen LogP contribution in [0.3, 0.4) is 0 Å². The fraction of sp³-hybridized carbons (Fsp3) is 0.321. The number of alkyl halides is 3. The summed E-state index contributed by atoms with van der Waals surface area (Å²) in [6.45, 7) is 0.459. The number of ether oxygens (including phenoxy) is 2. The highest BCUT2D eigenvalue weighted by Crippen LogP contribution is 2.43. The van der Waals surface area contributed by atoms with Crippen molar-refractivity contribution in [3.05, 3.63) is 94.3 Å². The van der Waals surface area contributed by atoms with Crippen LogP contribution in [0, 0.1) is 5.82 Å². The first-order chi connectivity index (χ1) is 17.7. The maximum atomic E-state index is 14.8. The number of rotatable bonds is 8. The van der Waals surface area contributed by atoms with E-state index >= 15 is 0 Å². The van der Waals surface area contributed by atoms with E-state index in [1.54, 1.807) is 0 Å². The molecule has 0 bridgehead atoms. The summed E-state index contributed by atoms with van der Waals surface area (Å²) in [5.41, 5.74) is 7.03. The van der Waals surface area contributed by atoms with Gasteiger partial charge in [0.05, 0.1) is 19.8 Å². The quantitative estimate of drug-likeness (QED) is 0.395. The van der Waals surface area contributed by atoms with E-state index in [2.05, 4.69) is 0 Å².